The highest BCUT2D eigenvalue weighted by Crippen LogP contribution is 2.44. The van der Waals surface area contributed by atoms with Crippen LogP contribution >= 0.6 is 11.6 Å². The first-order chi connectivity index (χ1) is 9.33. The van der Waals surface area contributed by atoms with Gasteiger partial charge >= 0.3 is 0 Å². The van der Waals surface area contributed by atoms with Crippen molar-refractivity contribution < 1.29 is 0 Å². The molecule has 19 heavy (non-hydrogen) atoms. The predicted octanol–water partition coefficient (Wildman–Crippen LogP) is 5.95. The fourth-order valence-electron chi connectivity index (χ4n) is 4.80. The first-order valence-corrected chi connectivity index (χ1v) is 9.09. The number of hydrogen-bond donors (Lipinski definition) is 0. The van der Waals surface area contributed by atoms with Gasteiger partial charge in [0.05, 0.1) is 0 Å². The monoisotopic (exact) mass is 280 g/mol. The fourth-order valence-corrected chi connectivity index (χ4v) is 5.05. The molecule has 0 aromatic carbocycles. The first kappa shape index (κ1) is 14.0. The lowest BCUT2D eigenvalue weighted by Gasteiger charge is -2.40. The van der Waals surface area contributed by atoms with Crippen LogP contribution in [0.5, 0.6) is 0 Å². The molecule has 0 aliphatic heterocycles. The van der Waals surface area contributed by atoms with Crippen LogP contribution in [0.15, 0.2) is 12.2 Å². The molecule has 3 rings (SSSR count). The number of fused-ring (bicyclic) bond motifs is 1. The summed E-state index contributed by atoms with van der Waals surface area (Å²) in [4.78, 5) is 0. The third kappa shape index (κ3) is 3.57. The number of rotatable bonds is 2. The Kier molecular flexibility index (Phi) is 4.90. The highest BCUT2D eigenvalue weighted by Gasteiger charge is 2.33. The lowest BCUT2D eigenvalue weighted by molar-refractivity contribution is 0.129. The molecule has 0 N–H and O–H groups in total. The van der Waals surface area contributed by atoms with Gasteiger partial charge in [0.15, 0.2) is 0 Å². The van der Waals surface area contributed by atoms with Crippen LogP contribution in [0.25, 0.3) is 0 Å². The second-order valence-electron chi connectivity index (χ2n) is 7.20. The minimum Gasteiger partial charge on any atom is -0.123 e. The molecule has 3 aliphatic carbocycles. The summed E-state index contributed by atoms with van der Waals surface area (Å²) < 4.78 is 0. The van der Waals surface area contributed by atoms with Gasteiger partial charge in [-0.1, -0.05) is 44.3 Å². The molecule has 0 amide bonds. The van der Waals surface area contributed by atoms with Crippen molar-refractivity contribution in [1.29, 1.82) is 0 Å². The largest absolute Gasteiger partial charge is 0.123 e. The molecule has 0 bridgehead atoms. The van der Waals surface area contributed by atoms with E-state index in [4.69, 9.17) is 11.6 Å². The molecule has 108 valence electrons. The van der Waals surface area contributed by atoms with Gasteiger partial charge in [-0.2, -0.15) is 0 Å². The summed E-state index contributed by atoms with van der Waals surface area (Å²) in [5.74, 6) is 3.84. The van der Waals surface area contributed by atoms with E-state index in [0.717, 1.165) is 23.7 Å². The summed E-state index contributed by atoms with van der Waals surface area (Å²) in [5, 5.41) is 0.460. The molecule has 0 nitrogen and oxygen atoms in total. The molecular weight excluding hydrogens is 252 g/mol. The van der Waals surface area contributed by atoms with Crippen molar-refractivity contribution in [3.8, 4) is 0 Å². The molecule has 0 heterocycles. The van der Waals surface area contributed by atoms with Crippen LogP contribution in [0.2, 0.25) is 0 Å². The molecule has 3 saturated carbocycles. The summed E-state index contributed by atoms with van der Waals surface area (Å²) in [6.45, 7) is 0. The van der Waals surface area contributed by atoms with Crippen LogP contribution in [0.3, 0.4) is 0 Å². The average molecular weight is 281 g/mol. The van der Waals surface area contributed by atoms with Gasteiger partial charge in [0.25, 0.3) is 0 Å². The number of alkyl halides is 1. The third-order valence-corrected chi connectivity index (χ3v) is 6.40. The van der Waals surface area contributed by atoms with Gasteiger partial charge in [-0.15, -0.1) is 11.6 Å². The summed E-state index contributed by atoms with van der Waals surface area (Å²) in [6, 6.07) is 0. The minimum absolute atomic E-state index is 0.460. The van der Waals surface area contributed by atoms with Crippen molar-refractivity contribution in [2.24, 2.45) is 23.7 Å². The molecule has 0 saturated heterocycles. The molecule has 0 spiro atoms. The lowest BCUT2D eigenvalue weighted by Crippen LogP contribution is -2.30. The van der Waals surface area contributed by atoms with Crippen molar-refractivity contribution in [2.75, 3.05) is 0 Å². The quantitative estimate of drug-likeness (QED) is 0.433. The summed E-state index contributed by atoms with van der Waals surface area (Å²) in [5.41, 5.74) is 0. The highest BCUT2D eigenvalue weighted by atomic mass is 35.5. The second-order valence-corrected chi connectivity index (χ2v) is 7.82. The molecule has 1 heteroatoms. The molecule has 3 unspecified atom stereocenters. The van der Waals surface area contributed by atoms with E-state index in [0.29, 0.717) is 5.38 Å². The second kappa shape index (κ2) is 6.66. The summed E-state index contributed by atoms with van der Waals surface area (Å²) in [6.07, 6.45) is 20.8. The predicted molar refractivity (Wildman–Crippen MR) is 83.5 cm³/mol. The zero-order valence-electron chi connectivity index (χ0n) is 12.2. The molecule has 0 aromatic heterocycles. The van der Waals surface area contributed by atoms with Crippen molar-refractivity contribution in [3.05, 3.63) is 12.2 Å². The van der Waals surface area contributed by atoms with E-state index in [-0.39, 0.29) is 0 Å². The smallest absolute Gasteiger partial charge is 0.0336 e. The maximum atomic E-state index is 6.20. The van der Waals surface area contributed by atoms with E-state index in [1.807, 2.05) is 0 Å². The fraction of sp³-hybridized carbons (Fsp3) is 0.889. The van der Waals surface area contributed by atoms with Crippen molar-refractivity contribution in [1.82, 2.24) is 0 Å². The van der Waals surface area contributed by atoms with Gasteiger partial charge in [0.1, 0.15) is 0 Å². The van der Waals surface area contributed by atoms with Crippen LogP contribution in [0, 0.1) is 23.7 Å². The normalized spacial score (nSPS) is 44.2. The average Bonchev–Trinajstić information content (AvgIpc) is 2.47. The Balaban J connectivity index is 1.55. The van der Waals surface area contributed by atoms with Crippen molar-refractivity contribution >= 4 is 11.6 Å². The van der Waals surface area contributed by atoms with E-state index in [1.54, 1.807) is 0 Å². The van der Waals surface area contributed by atoms with E-state index in [2.05, 4.69) is 12.2 Å². The van der Waals surface area contributed by atoms with Gasteiger partial charge in [0, 0.05) is 5.38 Å². The van der Waals surface area contributed by atoms with E-state index in [1.165, 1.54) is 70.6 Å². The number of hydrogen-bond acceptors (Lipinski definition) is 0. The van der Waals surface area contributed by atoms with Crippen LogP contribution in [-0.2, 0) is 0 Å². The Labute approximate surface area is 124 Å². The summed E-state index contributed by atoms with van der Waals surface area (Å²) in [7, 11) is 0. The van der Waals surface area contributed by atoms with Gasteiger partial charge in [-0.3, -0.25) is 0 Å². The zero-order chi connectivity index (χ0) is 13.1. The van der Waals surface area contributed by atoms with Crippen molar-refractivity contribution in [3.63, 3.8) is 0 Å². The number of allylic oxidation sites excluding steroid dienone is 2. The Morgan fingerprint density at radius 2 is 1.42 bits per heavy atom. The maximum absolute atomic E-state index is 6.20. The van der Waals surface area contributed by atoms with Crippen LogP contribution in [0.1, 0.15) is 70.6 Å². The van der Waals surface area contributed by atoms with Gasteiger partial charge < -0.3 is 0 Å². The van der Waals surface area contributed by atoms with E-state index >= 15 is 0 Å². The Bertz CT molecular complexity index is 299. The Hall–Kier alpha value is 0.0300. The molecule has 3 fully saturated rings. The van der Waals surface area contributed by atoms with Crippen LogP contribution in [-0.4, -0.2) is 5.38 Å². The van der Waals surface area contributed by atoms with Crippen molar-refractivity contribution in [2.45, 2.75) is 76.0 Å². The maximum Gasteiger partial charge on any atom is 0.0336 e. The highest BCUT2D eigenvalue weighted by molar-refractivity contribution is 6.20. The molecular formula is C18H29Cl. The molecule has 3 aliphatic rings. The van der Waals surface area contributed by atoms with Gasteiger partial charge in [-0.05, 0) is 62.2 Å². The van der Waals surface area contributed by atoms with Crippen LogP contribution < -0.4 is 0 Å². The van der Waals surface area contributed by atoms with E-state index in [9.17, 15) is 0 Å². The molecule has 3 atom stereocenters. The molecule has 0 radical (unpaired) electrons. The minimum atomic E-state index is 0.460. The SMILES string of the molecule is ClC1CCC(/C=C/C2CCCC3CCCCC23)CC1. The number of halogens is 1. The first-order valence-electron chi connectivity index (χ1n) is 8.65. The Morgan fingerprint density at radius 1 is 0.684 bits per heavy atom. The van der Waals surface area contributed by atoms with E-state index < -0.39 is 0 Å². The Morgan fingerprint density at radius 3 is 2.26 bits per heavy atom. The standard InChI is InChI=1S/C18H29Cl/c19-17-12-9-14(10-13-17)8-11-16-6-3-5-15-4-1-2-7-18(15)16/h8,11,14-18H,1-7,9-10,12-13H2/b11-8+. The van der Waals surface area contributed by atoms with Gasteiger partial charge in [0.2, 0.25) is 0 Å². The summed E-state index contributed by atoms with van der Waals surface area (Å²) >= 11 is 6.20. The lowest BCUT2D eigenvalue weighted by atomic mass is 9.65. The van der Waals surface area contributed by atoms with Gasteiger partial charge in [-0.25, -0.2) is 0 Å². The van der Waals surface area contributed by atoms with Crippen LogP contribution in [0.4, 0.5) is 0 Å². The topological polar surface area (TPSA) is 0 Å². The molecule has 0 aromatic rings. The third-order valence-electron chi connectivity index (χ3n) is 5.96. The zero-order valence-corrected chi connectivity index (χ0v) is 13.0.